The lowest BCUT2D eigenvalue weighted by atomic mass is 10.1. The molecule has 0 bridgehead atoms. The van der Waals surface area contributed by atoms with E-state index in [0.717, 1.165) is 25.3 Å². The number of hydrogen-bond donors (Lipinski definition) is 0. The van der Waals surface area contributed by atoms with Crippen LogP contribution in [0.2, 0.25) is 0 Å². The maximum atomic E-state index is 13.8. The van der Waals surface area contributed by atoms with Crippen LogP contribution in [0.25, 0.3) is 10.8 Å². The molecule has 0 aliphatic rings. The lowest BCUT2D eigenvalue weighted by Crippen LogP contribution is -2.27. The summed E-state index contributed by atoms with van der Waals surface area (Å²) in [6.07, 6.45) is 2.65. The van der Waals surface area contributed by atoms with Crippen molar-refractivity contribution in [3.8, 4) is 5.75 Å². The molecule has 0 aliphatic carbocycles. The minimum absolute atomic E-state index is 0.00884. The van der Waals surface area contributed by atoms with Crippen LogP contribution in [0.5, 0.6) is 5.75 Å². The van der Waals surface area contributed by atoms with Gasteiger partial charge in [-0.3, -0.25) is 9.59 Å². The number of carbonyl (C=O) groups is 2. The lowest BCUT2D eigenvalue weighted by Gasteiger charge is -2.11. The molecule has 8 heteroatoms. The Hall–Kier alpha value is -3.55. The number of rotatable bonds is 9. The van der Waals surface area contributed by atoms with Gasteiger partial charge in [0, 0.05) is 17.5 Å². The molecule has 0 radical (unpaired) electrons. The number of ketones is 1. The van der Waals surface area contributed by atoms with Crippen LogP contribution < -0.4 is 10.3 Å². The number of fused-ring (bicyclic) bond motifs is 1. The van der Waals surface area contributed by atoms with Gasteiger partial charge < -0.3 is 9.47 Å². The fourth-order valence-corrected chi connectivity index (χ4v) is 3.17. The number of halogens is 1. The van der Waals surface area contributed by atoms with Crippen molar-refractivity contribution in [1.29, 1.82) is 0 Å². The molecule has 0 aliphatic heterocycles. The van der Waals surface area contributed by atoms with Crippen molar-refractivity contribution in [2.24, 2.45) is 0 Å². The second kappa shape index (κ2) is 9.97. The summed E-state index contributed by atoms with van der Waals surface area (Å²) in [5.41, 5.74) is -0.276. The van der Waals surface area contributed by atoms with Crippen molar-refractivity contribution in [2.45, 2.75) is 32.7 Å². The summed E-state index contributed by atoms with van der Waals surface area (Å²) in [4.78, 5) is 37.7. The first kappa shape index (κ1) is 22.1. The van der Waals surface area contributed by atoms with E-state index >= 15 is 0 Å². The van der Waals surface area contributed by atoms with E-state index in [2.05, 4.69) is 5.10 Å². The largest absolute Gasteiger partial charge is 0.494 e. The highest BCUT2D eigenvalue weighted by atomic mass is 19.1. The molecule has 7 nitrogen and oxygen atoms in total. The molecule has 2 aromatic carbocycles. The molecule has 1 aromatic heterocycles. The van der Waals surface area contributed by atoms with Crippen molar-refractivity contribution >= 4 is 22.5 Å². The van der Waals surface area contributed by atoms with E-state index in [1.54, 1.807) is 24.3 Å². The van der Waals surface area contributed by atoms with Crippen LogP contribution in [0.3, 0.4) is 0 Å². The first-order valence-electron chi connectivity index (χ1n) is 10.00. The zero-order valence-electron chi connectivity index (χ0n) is 17.4. The SMILES string of the molecule is CCCCCn1nc(C(=O)OCC(=O)c2ccc(OC)c(F)c2)c2ccccc2c1=O. The highest BCUT2D eigenvalue weighted by Gasteiger charge is 2.20. The summed E-state index contributed by atoms with van der Waals surface area (Å²) in [7, 11) is 1.32. The van der Waals surface area contributed by atoms with Gasteiger partial charge in [-0.05, 0) is 30.7 Å². The van der Waals surface area contributed by atoms with Crippen molar-refractivity contribution in [3.63, 3.8) is 0 Å². The van der Waals surface area contributed by atoms with Gasteiger partial charge in [0.05, 0.1) is 12.5 Å². The molecular weight excluding hydrogens is 403 g/mol. The van der Waals surface area contributed by atoms with E-state index < -0.39 is 24.2 Å². The van der Waals surface area contributed by atoms with Crippen molar-refractivity contribution in [3.05, 3.63) is 69.9 Å². The Morgan fingerprint density at radius 2 is 1.84 bits per heavy atom. The monoisotopic (exact) mass is 426 g/mol. The van der Waals surface area contributed by atoms with Gasteiger partial charge in [0.25, 0.3) is 5.56 Å². The fraction of sp³-hybridized carbons (Fsp3) is 0.304. The minimum atomic E-state index is -0.831. The number of carbonyl (C=O) groups excluding carboxylic acids is 2. The maximum absolute atomic E-state index is 13.8. The Bertz CT molecular complexity index is 1170. The molecule has 0 saturated heterocycles. The van der Waals surface area contributed by atoms with E-state index in [9.17, 15) is 18.8 Å². The standard InChI is InChI=1S/C23H23FN2O5/c1-3-4-7-12-26-22(28)17-9-6-5-8-16(17)21(25-26)23(29)31-14-19(27)15-10-11-20(30-2)18(24)13-15/h5-6,8-11,13H,3-4,7,12,14H2,1-2H3. The number of esters is 1. The summed E-state index contributed by atoms with van der Waals surface area (Å²) in [6, 6.07) is 10.4. The first-order chi connectivity index (χ1) is 15.0. The summed E-state index contributed by atoms with van der Waals surface area (Å²) in [5.74, 6) is -2.08. The predicted octanol–water partition coefficient (Wildman–Crippen LogP) is 3.77. The Kier molecular flexibility index (Phi) is 7.12. The number of Topliss-reactive ketones (excluding diaryl/α,β-unsaturated/α-hetero) is 1. The fourth-order valence-electron chi connectivity index (χ4n) is 3.17. The number of ether oxygens (including phenoxy) is 2. The molecule has 0 fully saturated rings. The van der Waals surface area contributed by atoms with Crippen molar-refractivity contribution in [1.82, 2.24) is 9.78 Å². The van der Waals surface area contributed by atoms with Crippen LogP contribution >= 0.6 is 0 Å². The number of benzene rings is 2. The number of hydrogen-bond acceptors (Lipinski definition) is 6. The van der Waals surface area contributed by atoms with Crippen LogP contribution in [0, 0.1) is 5.82 Å². The molecule has 162 valence electrons. The predicted molar refractivity (Wildman–Crippen MR) is 113 cm³/mol. The quantitative estimate of drug-likeness (QED) is 0.294. The Morgan fingerprint density at radius 3 is 2.52 bits per heavy atom. The molecule has 3 aromatic rings. The molecule has 31 heavy (non-hydrogen) atoms. The molecule has 0 amide bonds. The molecule has 0 atom stereocenters. The van der Waals surface area contributed by atoms with Gasteiger partial charge in [-0.25, -0.2) is 13.9 Å². The van der Waals surface area contributed by atoms with Crippen LogP contribution in [0.1, 0.15) is 47.0 Å². The third-order valence-electron chi connectivity index (χ3n) is 4.84. The van der Waals surface area contributed by atoms with Crippen molar-refractivity contribution < 1.29 is 23.5 Å². The average Bonchev–Trinajstić information content (AvgIpc) is 2.78. The average molecular weight is 426 g/mol. The van der Waals surface area contributed by atoms with Gasteiger partial charge in [-0.1, -0.05) is 38.0 Å². The van der Waals surface area contributed by atoms with Crippen LogP contribution in [0.15, 0.2) is 47.3 Å². The number of methoxy groups -OCH3 is 1. The molecular formula is C23H23FN2O5. The number of aryl methyl sites for hydroxylation is 1. The third-order valence-corrected chi connectivity index (χ3v) is 4.84. The number of unbranched alkanes of at least 4 members (excludes halogenated alkanes) is 2. The molecule has 1 heterocycles. The van der Waals surface area contributed by atoms with E-state index in [1.165, 1.54) is 23.9 Å². The molecule has 0 saturated carbocycles. The molecule has 3 rings (SSSR count). The third kappa shape index (κ3) is 4.96. The number of nitrogens with zero attached hydrogens (tertiary/aromatic N) is 2. The zero-order valence-corrected chi connectivity index (χ0v) is 17.4. The smallest absolute Gasteiger partial charge is 0.359 e. The summed E-state index contributed by atoms with van der Waals surface area (Å²) < 4.78 is 25.1. The molecule has 0 spiro atoms. The second-order valence-corrected chi connectivity index (χ2v) is 6.98. The highest BCUT2D eigenvalue weighted by molar-refractivity contribution is 6.04. The summed E-state index contributed by atoms with van der Waals surface area (Å²) >= 11 is 0. The van der Waals surface area contributed by atoms with Gasteiger partial charge in [0.15, 0.2) is 29.7 Å². The van der Waals surface area contributed by atoms with Crippen LogP contribution in [0.4, 0.5) is 4.39 Å². The van der Waals surface area contributed by atoms with E-state index in [4.69, 9.17) is 9.47 Å². The molecule has 0 N–H and O–H groups in total. The van der Waals surface area contributed by atoms with Crippen molar-refractivity contribution in [2.75, 3.05) is 13.7 Å². The first-order valence-corrected chi connectivity index (χ1v) is 10.00. The normalized spacial score (nSPS) is 10.8. The Morgan fingerprint density at radius 1 is 1.10 bits per heavy atom. The Labute approximate surface area is 178 Å². The Balaban J connectivity index is 1.83. The van der Waals surface area contributed by atoms with E-state index in [-0.39, 0.29) is 22.6 Å². The van der Waals surface area contributed by atoms with E-state index in [0.29, 0.717) is 17.3 Å². The topological polar surface area (TPSA) is 87.5 Å². The number of aromatic nitrogens is 2. The lowest BCUT2D eigenvalue weighted by molar-refractivity contribution is 0.0468. The van der Waals surface area contributed by atoms with Gasteiger partial charge in [-0.2, -0.15) is 5.10 Å². The van der Waals surface area contributed by atoms with E-state index in [1.807, 2.05) is 6.92 Å². The van der Waals surface area contributed by atoms with Crippen LogP contribution in [-0.4, -0.2) is 35.2 Å². The second-order valence-electron chi connectivity index (χ2n) is 6.98. The molecule has 0 unspecified atom stereocenters. The van der Waals surface area contributed by atoms with Gasteiger partial charge in [-0.15, -0.1) is 0 Å². The van der Waals surface area contributed by atoms with Gasteiger partial charge in [0.2, 0.25) is 0 Å². The van der Waals surface area contributed by atoms with Crippen LogP contribution in [-0.2, 0) is 11.3 Å². The van der Waals surface area contributed by atoms with Gasteiger partial charge in [0.1, 0.15) is 0 Å². The minimum Gasteiger partial charge on any atom is -0.494 e. The zero-order chi connectivity index (χ0) is 22.4. The highest BCUT2D eigenvalue weighted by Crippen LogP contribution is 2.19. The summed E-state index contributed by atoms with van der Waals surface area (Å²) in [5, 5.41) is 4.91. The maximum Gasteiger partial charge on any atom is 0.359 e. The van der Waals surface area contributed by atoms with Gasteiger partial charge >= 0.3 is 5.97 Å². The summed E-state index contributed by atoms with van der Waals surface area (Å²) in [6.45, 7) is 1.84.